The van der Waals surface area contributed by atoms with Crippen molar-refractivity contribution in [1.82, 2.24) is 14.9 Å². The number of hydrogen-bond donors (Lipinski definition) is 0. The van der Waals surface area contributed by atoms with Crippen LogP contribution in [0.5, 0.6) is 5.75 Å². The highest BCUT2D eigenvalue weighted by Gasteiger charge is 2.26. The summed E-state index contributed by atoms with van der Waals surface area (Å²) in [6, 6.07) is 13.4. The molecule has 3 heterocycles. The first kappa shape index (κ1) is 20.6. The zero-order valence-electron chi connectivity index (χ0n) is 17.0. The van der Waals surface area contributed by atoms with E-state index in [4.69, 9.17) is 16.3 Å². The molecule has 2 aromatic heterocycles. The largest absolute Gasteiger partial charge is 0.494 e. The number of halogens is 1. The molecule has 1 fully saturated rings. The first-order valence-corrected chi connectivity index (χ1v) is 11.1. The van der Waals surface area contributed by atoms with Gasteiger partial charge in [-0.3, -0.25) is 4.79 Å². The number of nitrogens with zero attached hydrogens (tertiary/aromatic N) is 4. The average Bonchev–Trinajstić information content (AvgIpc) is 3.16. The van der Waals surface area contributed by atoms with Crippen molar-refractivity contribution in [2.24, 2.45) is 0 Å². The maximum Gasteiger partial charge on any atom is 0.265 e. The smallest absolute Gasteiger partial charge is 0.265 e. The molecule has 3 aromatic rings. The van der Waals surface area contributed by atoms with Crippen LogP contribution in [-0.4, -0.2) is 53.6 Å². The maximum absolute atomic E-state index is 13.1. The van der Waals surface area contributed by atoms with Gasteiger partial charge in [-0.1, -0.05) is 17.7 Å². The molecule has 1 aliphatic heterocycles. The standard InChI is InChI=1S/C22H23ClN4O2S/c1-3-29-17-9-7-16(8-10-17)21-24-15(2)20(30-21)22(28)27-13-11-26(12-14-27)19-6-4-5-18(23)25-19/h4-10H,3,11-14H2,1-2H3. The minimum absolute atomic E-state index is 0.0425. The van der Waals surface area contributed by atoms with Crippen molar-refractivity contribution in [1.29, 1.82) is 0 Å². The predicted molar refractivity (Wildman–Crippen MR) is 121 cm³/mol. The number of aromatic nitrogens is 2. The molecule has 0 N–H and O–H groups in total. The number of carbonyl (C=O) groups excluding carboxylic acids is 1. The second-order valence-electron chi connectivity index (χ2n) is 6.99. The topological polar surface area (TPSA) is 58.6 Å². The highest BCUT2D eigenvalue weighted by atomic mass is 35.5. The third-order valence-electron chi connectivity index (χ3n) is 4.99. The summed E-state index contributed by atoms with van der Waals surface area (Å²) in [6.07, 6.45) is 0. The molecule has 0 atom stereocenters. The average molecular weight is 443 g/mol. The number of pyridine rings is 1. The van der Waals surface area contributed by atoms with Crippen LogP contribution in [0.25, 0.3) is 10.6 Å². The Bertz CT molecular complexity index is 1030. The molecule has 0 unspecified atom stereocenters. The summed E-state index contributed by atoms with van der Waals surface area (Å²) in [4.78, 5) is 26.9. The summed E-state index contributed by atoms with van der Waals surface area (Å²) in [5, 5.41) is 1.33. The Morgan fingerprint density at radius 3 is 2.50 bits per heavy atom. The number of amides is 1. The van der Waals surface area contributed by atoms with Crippen molar-refractivity contribution < 1.29 is 9.53 Å². The minimum atomic E-state index is 0.0425. The lowest BCUT2D eigenvalue weighted by atomic mass is 10.2. The van der Waals surface area contributed by atoms with Crippen LogP contribution in [0.15, 0.2) is 42.5 Å². The second-order valence-corrected chi connectivity index (χ2v) is 8.38. The fourth-order valence-electron chi connectivity index (χ4n) is 3.43. The van der Waals surface area contributed by atoms with Gasteiger partial charge < -0.3 is 14.5 Å². The Morgan fingerprint density at radius 1 is 1.10 bits per heavy atom. The summed E-state index contributed by atoms with van der Waals surface area (Å²) >= 11 is 7.45. The quantitative estimate of drug-likeness (QED) is 0.543. The van der Waals surface area contributed by atoms with Crippen LogP contribution in [0.3, 0.4) is 0 Å². The van der Waals surface area contributed by atoms with Gasteiger partial charge in [0.05, 0.1) is 12.3 Å². The van der Waals surface area contributed by atoms with E-state index in [0.717, 1.165) is 40.9 Å². The zero-order valence-corrected chi connectivity index (χ0v) is 18.5. The molecule has 6 nitrogen and oxygen atoms in total. The van der Waals surface area contributed by atoms with Gasteiger partial charge in [0.2, 0.25) is 0 Å². The van der Waals surface area contributed by atoms with Crippen molar-refractivity contribution in [3.8, 4) is 16.3 Å². The highest BCUT2D eigenvalue weighted by molar-refractivity contribution is 7.17. The van der Waals surface area contributed by atoms with E-state index in [9.17, 15) is 4.79 Å². The molecular formula is C22H23ClN4O2S. The lowest BCUT2D eigenvalue weighted by molar-refractivity contribution is 0.0750. The van der Waals surface area contributed by atoms with Gasteiger partial charge in [-0.25, -0.2) is 9.97 Å². The van der Waals surface area contributed by atoms with Crippen molar-refractivity contribution >= 4 is 34.7 Å². The zero-order chi connectivity index (χ0) is 21.1. The maximum atomic E-state index is 13.1. The normalized spacial score (nSPS) is 14.1. The number of thiazole rings is 1. The van der Waals surface area contributed by atoms with Gasteiger partial charge in [0.15, 0.2) is 0 Å². The monoisotopic (exact) mass is 442 g/mol. The lowest BCUT2D eigenvalue weighted by Gasteiger charge is -2.35. The Kier molecular flexibility index (Phi) is 6.20. The van der Waals surface area contributed by atoms with Crippen molar-refractivity contribution in [3.63, 3.8) is 0 Å². The van der Waals surface area contributed by atoms with E-state index in [1.165, 1.54) is 11.3 Å². The first-order valence-electron chi connectivity index (χ1n) is 9.92. The Morgan fingerprint density at radius 2 is 1.83 bits per heavy atom. The third kappa shape index (κ3) is 4.42. The minimum Gasteiger partial charge on any atom is -0.494 e. The van der Waals surface area contributed by atoms with E-state index >= 15 is 0 Å². The number of hydrogen-bond acceptors (Lipinski definition) is 6. The molecule has 0 radical (unpaired) electrons. The van der Waals surface area contributed by atoms with Gasteiger partial charge in [0.25, 0.3) is 5.91 Å². The first-order chi connectivity index (χ1) is 14.5. The van der Waals surface area contributed by atoms with E-state index in [1.54, 1.807) is 6.07 Å². The van der Waals surface area contributed by atoms with Gasteiger partial charge in [-0.05, 0) is 50.2 Å². The third-order valence-corrected chi connectivity index (χ3v) is 6.40. The molecule has 8 heteroatoms. The van der Waals surface area contributed by atoms with Gasteiger partial charge in [-0.15, -0.1) is 11.3 Å². The molecule has 0 aliphatic carbocycles. The van der Waals surface area contributed by atoms with Crippen LogP contribution >= 0.6 is 22.9 Å². The van der Waals surface area contributed by atoms with Crippen LogP contribution in [0.1, 0.15) is 22.3 Å². The van der Waals surface area contributed by atoms with E-state index in [-0.39, 0.29) is 5.91 Å². The summed E-state index contributed by atoms with van der Waals surface area (Å²) in [5.41, 5.74) is 1.76. The van der Waals surface area contributed by atoms with Crippen molar-refractivity contribution in [2.75, 3.05) is 37.7 Å². The molecule has 1 aliphatic rings. The van der Waals surface area contributed by atoms with Crippen LogP contribution in [0.2, 0.25) is 5.15 Å². The van der Waals surface area contributed by atoms with Crippen LogP contribution in [-0.2, 0) is 0 Å². The number of rotatable bonds is 5. The van der Waals surface area contributed by atoms with Crippen molar-refractivity contribution in [2.45, 2.75) is 13.8 Å². The number of aryl methyl sites for hydroxylation is 1. The summed E-state index contributed by atoms with van der Waals surface area (Å²) in [6.45, 7) is 7.22. The SMILES string of the molecule is CCOc1ccc(-c2nc(C)c(C(=O)N3CCN(c4cccc(Cl)n4)CC3)s2)cc1. The molecule has 1 amide bonds. The van der Waals surface area contributed by atoms with Gasteiger partial charge >= 0.3 is 0 Å². The molecule has 4 rings (SSSR count). The molecule has 1 saturated heterocycles. The van der Waals surface area contributed by atoms with E-state index in [2.05, 4.69) is 14.9 Å². The van der Waals surface area contributed by atoms with Gasteiger partial charge in [-0.2, -0.15) is 0 Å². The Labute approximate surface area is 185 Å². The fraction of sp³-hybridized carbons (Fsp3) is 0.318. The van der Waals surface area contributed by atoms with Crippen LogP contribution in [0.4, 0.5) is 5.82 Å². The number of ether oxygens (including phenoxy) is 1. The van der Waals surface area contributed by atoms with Crippen LogP contribution in [0, 0.1) is 6.92 Å². The molecule has 0 spiro atoms. The Balaban J connectivity index is 1.44. The molecule has 30 heavy (non-hydrogen) atoms. The van der Waals surface area contributed by atoms with Crippen LogP contribution < -0.4 is 9.64 Å². The number of piperazine rings is 1. The molecule has 0 bridgehead atoms. The summed E-state index contributed by atoms with van der Waals surface area (Å²) in [7, 11) is 0. The van der Waals surface area contributed by atoms with Gasteiger partial charge in [0, 0.05) is 31.7 Å². The van der Waals surface area contributed by atoms with E-state index in [0.29, 0.717) is 29.7 Å². The Hall–Kier alpha value is -2.64. The predicted octanol–water partition coefficient (Wildman–Crippen LogP) is 4.53. The molecular weight excluding hydrogens is 420 g/mol. The highest BCUT2D eigenvalue weighted by Crippen LogP contribution is 2.30. The fourth-order valence-corrected chi connectivity index (χ4v) is 4.63. The molecule has 1 aromatic carbocycles. The van der Waals surface area contributed by atoms with E-state index < -0.39 is 0 Å². The van der Waals surface area contributed by atoms with E-state index in [1.807, 2.05) is 55.1 Å². The number of carbonyl (C=O) groups is 1. The molecule has 0 saturated carbocycles. The second kappa shape index (κ2) is 9.02. The summed E-state index contributed by atoms with van der Waals surface area (Å²) < 4.78 is 5.50. The number of benzene rings is 1. The molecule has 156 valence electrons. The lowest BCUT2D eigenvalue weighted by Crippen LogP contribution is -2.49. The number of anilines is 1. The van der Waals surface area contributed by atoms with Gasteiger partial charge in [0.1, 0.15) is 26.6 Å². The van der Waals surface area contributed by atoms with Crippen molar-refractivity contribution in [3.05, 3.63) is 58.2 Å². The summed E-state index contributed by atoms with van der Waals surface area (Å²) in [5.74, 6) is 1.72.